The van der Waals surface area contributed by atoms with E-state index in [9.17, 15) is 9.59 Å². The van der Waals surface area contributed by atoms with Crippen molar-refractivity contribution in [2.75, 3.05) is 13.1 Å². The van der Waals surface area contributed by atoms with Crippen LogP contribution in [0.4, 0.5) is 0 Å². The summed E-state index contributed by atoms with van der Waals surface area (Å²) in [7, 11) is 0. The van der Waals surface area contributed by atoms with E-state index in [4.69, 9.17) is 5.73 Å². The van der Waals surface area contributed by atoms with Gasteiger partial charge in [-0.1, -0.05) is 6.42 Å². The zero-order valence-electron chi connectivity index (χ0n) is 11.5. The zero-order valence-corrected chi connectivity index (χ0v) is 11.5. The van der Waals surface area contributed by atoms with E-state index in [1.807, 2.05) is 4.90 Å². The molecule has 0 radical (unpaired) electrons. The van der Waals surface area contributed by atoms with Crippen LogP contribution >= 0.6 is 0 Å². The molecule has 0 aromatic carbocycles. The van der Waals surface area contributed by atoms with Crippen molar-refractivity contribution in [3.63, 3.8) is 0 Å². The molecule has 1 aromatic rings. The molecule has 1 aromatic heterocycles. The van der Waals surface area contributed by atoms with Gasteiger partial charge >= 0.3 is 0 Å². The Bertz CT molecular complexity index is 521. The number of likely N-dealkylation sites (tertiary alicyclic amines) is 1. The van der Waals surface area contributed by atoms with Crippen molar-refractivity contribution in [3.8, 4) is 0 Å². The smallest absolute Gasteiger partial charge is 0.269 e. The van der Waals surface area contributed by atoms with Gasteiger partial charge in [0.15, 0.2) is 0 Å². The third kappa shape index (κ3) is 2.42. The normalized spacial score (nSPS) is 23.4. The summed E-state index contributed by atoms with van der Waals surface area (Å²) in [6.45, 7) is 1.57. The summed E-state index contributed by atoms with van der Waals surface area (Å²) in [5.74, 6) is 0.256. The summed E-state index contributed by atoms with van der Waals surface area (Å²) < 4.78 is 0. The van der Waals surface area contributed by atoms with Crippen molar-refractivity contribution in [1.29, 1.82) is 0 Å². The molecule has 20 heavy (non-hydrogen) atoms. The average Bonchev–Trinajstić information content (AvgIpc) is 2.86. The Morgan fingerprint density at radius 2 is 2.10 bits per heavy atom. The average molecular weight is 276 g/mol. The SMILES string of the molecule is NC(=O)c1cc(C2CCCN(C(=O)C3CCC3)C2)[nH]n1. The summed E-state index contributed by atoms with van der Waals surface area (Å²) in [6.07, 6.45) is 5.25. The van der Waals surface area contributed by atoms with Gasteiger partial charge in [-0.05, 0) is 31.7 Å². The number of H-pyrrole nitrogens is 1. The fraction of sp³-hybridized carbons (Fsp3) is 0.643. The summed E-state index contributed by atoms with van der Waals surface area (Å²) >= 11 is 0. The van der Waals surface area contributed by atoms with Crippen molar-refractivity contribution < 1.29 is 9.59 Å². The van der Waals surface area contributed by atoms with E-state index in [2.05, 4.69) is 10.2 Å². The number of primary amides is 1. The molecule has 2 heterocycles. The molecule has 2 aliphatic rings. The van der Waals surface area contributed by atoms with Gasteiger partial charge in [0.05, 0.1) is 0 Å². The van der Waals surface area contributed by atoms with Gasteiger partial charge < -0.3 is 10.6 Å². The van der Waals surface area contributed by atoms with Gasteiger partial charge in [0.25, 0.3) is 5.91 Å². The largest absolute Gasteiger partial charge is 0.364 e. The Hall–Kier alpha value is -1.85. The number of carbonyl (C=O) groups excluding carboxylic acids is 2. The van der Waals surface area contributed by atoms with Gasteiger partial charge in [0.1, 0.15) is 5.69 Å². The second kappa shape index (κ2) is 5.26. The lowest BCUT2D eigenvalue weighted by Gasteiger charge is -2.36. The van der Waals surface area contributed by atoms with Crippen LogP contribution in [0.5, 0.6) is 0 Å². The summed E-state index contributed by atoms with van der Waals surface area (Å²) in [4.78, 5) is 25.4. The minimum atomic E-state index is -0.522. The molecule has 1 aliphatic heterocycles. The molecule has 3 N–H and O–H groups in total. The van der Waals surface area contributed by atoms with Crippen molar-refractivity contribution in [1.82, 2.24) is 15.1 Å². The first-order chi connectivity index (χ1) is 9.65. The van der Waals surface area contributed by atoms with Crippen LogP contribution in [-0.2, 0) is 4.79 Å². The molecule has 6 nitrogen and oxygen atoms in total. The second-order valence-electron chi connectivity index (χ2n) is 5.82. The highest BCUT2D eigenvalue weighted by Gasteiger charge is 2.33. The molecular weight excluding hydrogens is 256 g/mol. The predicted molar refractivity (Wildman–Crippen MR) is 73.0 cm³/mol. The Morgan fingerprint density at radius 1 is 1.30 bits per heavy atom. The minimum Gasteiger partial charge on any atom is -0.364 e. The lowest BCUT2D eigenvalue weighted by atomic mass is 9.83. The van der Waals surface area contributed by atoms with Gasteiger partial charge in [0, 0.05) is 30.6 Å². The van der Waals surface area contributed by atoms with Gasteiger partial charge in [-0.25, -0.2) is 0 Å². The number of hydrogen-bond donors (Lipinski definition) is 2. The van der Waals surface area contributed by atoms with Crippen LogP contribution in [0.2, 0.25) is 0 Å². The van der Waals surface area contributed by atoms with Gasteiger partial charge in [0.2, 0.25) is 5.91 Å². The fourth-order valence-electron chi connectivity index (χ4n) is 3.02. The minimum absolute atomic E-state index is 0.230. The summed E-state index contributed by atoms with van der Waals surface area (Å²) in [5.41, 5.74) is 6.39. The molecule has 3 rings (SSSR count). The van der Waals surface area contributed by atoms with E-state index in [0.717, 1.165) is 44.5 Å². The molecule has 2 fully saturated rings. The van der Waals surface area contributed by atoms with Crippen LogP contribution in [0.15, 0.2) is 6.07 Å². The van der Waals surface area contributed by atoms with Crippen molar-refractivity contribution in [2.24, 2.45) is 11.7 Å². The number of aromatic nitrogens is 2. The van der Waals surface area contributed by atoms with Crippen LogP contribution < -0.4 is 5.73 Å². The van der Waals surface area contributed by atoms with Crippen LogP contribution in [0.3, 0.4) is 0 Å². The molecule has 0 bridgehead atoms. The van der Waals surface area contributed by atoms with E-state index in [1.165, 1.54) is 6.42 Å². The highest BCUT2D eigenvalue weighted by atomic mass is 16.2. The number of hydrogen-bond acceptors (Lipinski definition) is 3. The zero-order chi connectivity index (χ0) is 14.1. The number of amides is 2. The standard InChI is InChI=1S/C14H20N4O2/c15-13(19)12-7-11(16-17-12)10-5-2-6-18(8-10)14(20)9-3-1-4-9/h7,9-10H,1-6,8H2,(H2,15,19)(H,16,17). The maximum Gasteiger partial charge on any atom is 0.269 e. The number of aromatic amines is 1. The van der Waals surface area contributed by atoms with Crippen molar-refractivity contribution in [3.05, 3.63) is 17.5 Å². The molecule has 6 heteroatoms. The quantitative estimate of drug-likeness (QED) is 0.863. The topological polar surface area (TPSA) is 92.1 Å². The molecular formula is C14H20N4O2. The van der Waals surface area contributed by atoms with Gasteiger partial charge in [-0.2, -0.15) is 5.10 Å². The molecule has 1 unspecified atom stereocenters. The maximum absolute atomic E-state index is 12.3. The van der Waals surface area contributed by atoms with E-state index < -0.39 is 5.91 Å². The first-order valence-electron chi connectivity index (χ1n) is 7.29. The monoisotopic (exact) mass is 276 g/mol. The third-order valence-electron chi connectivity index (χ3n) is 4.48. The van der Waals surface area contributed by atoms with Crippen molar-refractivity contribution in [2.45, 2.75) is 38.0 Å². The number of nitrogens with zero attached hydrogens (tertiary/aromatic N) is 2. The van der Waals surface area contributed by atoms with E-state index >= 15 is 0 Å². The molecule has 1 saturated heterocycles. The van der Waals surface area contributed by atoms with Gasteiger partial charge in [-0.15, -0.1) is 0 Å². The predicted octanol–water partition coefficient (Wildman–Crippen LogP) is 1.01. The number of nitrogens with one attached hydrogen (secondary N) is 1. The van der Waals surface area contributed by atoms with Crippen LogP contribution in [0, 0.1) is 5.92 Å². The lowest BCUT2D eigenvalue weighted by Crippen LogP contribution is -2.44. The summed E-state index contributed by atoms with van der Waals surface area (Å²) in [5, 5.41) is 6.80. The first-order valence-corrected chi connectivity index (χ1v) is 7.29. The molecule has 2 amide bonds. The highest BCUT2D eigenvalue weighted by Crippen LogP contribution is 2.32. The van der Waals surface area contributed by atoms with E-state index in [-0.39, 0.29) is 17.5 Å². The summed E-state index contributed by atoms with van der Waals surface area (Å²) in [6, 6.07) is 1.71. The molecule has 1 aliphatic carbocycles. The van der Waals surface area contributed by atoms with E-state index in [1.54, 1.807) is 6.07 Å². The molecule has 1 saturated carbocycles. The van der Waals surface area contributed by atoms with Crippen molar-refractivity contribution >= 4 is 11.8 Å². The number of carbonyl (C=O) groups is 2. The third-order valence-corrected chi connectivity index (χ3v) is 4.48. The highest BCUT2D eigenvalue weighted by molar-refractivity contribution is 5.90. The Labute approximate surface area is 117 Å². The lowest BCUT2D eigenvalue weighted by molar-refractivity contribution is -0.139. The van der Waals surface area contributed by atoms with Gasteiger partial charge in [-0.3, -0.25) is 14.7 Å². The molecule has 0 spiro atoms. The van der Waals surface area contributed by atoms with E-state index in [0.29, 0.717) is 5.91 Å². The first kappa shape index (κ1) is 13.1. The number of rotatable bonds is 3. The second-order valence-corrected chi connectivity index (χ2v) is 5.82. The fourth-order valence-corrected chi connectivity index (χ4v) is 3.02. The van der Waals surface area contributed by atoms with Crippen LogP contribution in [0.25, 0.3) is 0 Å². The number of nitrogens with two attached hydrogens (primary N) is 1. The Kier molecular flexibility index (Phi) is 3.46. The Morgan fingerprint density at radius 3 is 2.70 bits per heavy atom. The molecule has 1 atom stereocenters. The molecule has 108 valence electrons. The number of piperidine rings is 1. The Balaban J connectivity index is 1.67. The maximum atomic E-state index is 12.3. The van der Waals surface area contributed by atoms with Crippen LogP contribution in [0.1, 0.15) is 54.2 Å². The van der Waals surface area contributed by atoms with Crippen LogP contribution in [-0.4, -0.2) is 40.0 Å².